The van der Waals surface area contributed by atoms with Gasteiger partial charge in [0.2, 0.25) is 0 Å². The van der Waals surface area contributed by atoms with Crippen LogP contribution in [0.3, 0.4) is 0 Å². The fourth-order valence-electron chi connectivity index (χ4n) is 3.59. The molecule has 2 aromatic rings. The third kappa shape index (κ3) is 5.24. The Balaban J connectivity index is 0.00000256. The van der Waals surface area contributed by atoms with E-state index in [0.717, 1.165) is 18.2 Å². The number of amides is 1. The topological polar surface area (TPSA) is 75.0 Å². The zero-order chi connectivity index (χ0) is 20.4. The van der Waals surface area contributed by atoms with Crippen molar-refractivity contribution in [3.8, 4) is 5.69 Å². The quantitative estimate of drug-likeness (QED) is 0.626. The van der Waals surface area contributed by atoms with Gasteiger partial charge in [-0.2, -0.15) is 5.10 Å². The maximum absolute atomic E-state index is 12.3. The number of aromatic nitrogens is 2. The lowest BCUT2D eigenvalue weighted by Crippen LogP contribution is -2.57. The number of nitrogens with one attached hydrogen (secondary N) is 1. The van der Waals surface area contributed by atoms with Crippen LogP contribution in [0.2, 0.25) is 0 Å². The smallest absolute Gasteiger partial charge is 0.410 e. The molecule has 30 heavy (non-hydrogen) atoms. The number of hydrogen-bond donors (Lipinski definition) is 1. The molecule has 1 aromatic heterocycles. The Hall–Kier alpha value is -2.30. The summed E-state index contributed by atoms with van der Waals surface area (Å²) in [4.78, 5) is 21.0. The van der Waals surface area contributed by atoms with Gasteiger partial charge in [-0.05, 0) is 44.5 Å². The molecule has 8 nitrogen and oxygen atoms in total. The highest BCUT2D eigenvalue weighted by atomic mass is 127. The number of ether oxygens (including phenoxy) is 1. The molecule has 2 aliphatic heterocycles. The molecule has 1 amide bonds. The summed E-state index contributed by atoms with van der Waals surface area (Å²) in [6, 6.07) is 10.4. The summed E-state index contributed by atoms with van der Waals surface area (Å²) in [6.45, 7) is 9.12. The van der Waals surface area contributed by atoms with Crippen molar-refractivity contribution in [3.05, 3.63) is 48.3 Å². The number of aliphatic imine (C=N–C) groups is 1. The molecule has 1 N–H and O–H groups in total. The lowest BCUT2D eigenvalue weighted by Gasteiger charge is -2.39. The summed E-state index contributed by atoms with van der Waals surface area (Å²) in [5.41, 5.74) is 1.75. The average molecular weight is 524 g/mol. The summed E-state index contributed by atoms with van der Waals surface area (Å²) >= 11 is 0. The average Bonchev–Trinajstić information content (AvgIpc) is 3.35. The van der Waals surface area contributed by atoms with Gasteiger partial charge in [0.15, 0.2) is 5.96 Å². The molecular formula is C21H29IN6O2. The van der Waals surface area contributed by atoms with E-state index in [1.165, 1.54) is 5.56 Å². The predicted molar refractivity (Wildman–Crippen MR) is 126 cm³/mol. The fourth-order valence-corrected chi connectivity index (χ4v) is 3.59. The van der Waals surface area contributed by atoms with Gasteiger partial charge in [-0.15, -0.1) is 24.0 Å². The van der Waals surface area contributed by atoms with E-state index in [9.17, 15) is 4.79 Å². The second kappa shape index (κ2) is 9.23. The first-order valence-electron chi connectivity index (χ1n) is 10.0. The number of halogens is 1. The molecule has 0 radical (unpaired) electrons. The summed E-state index contributed by atoms with van der Waals surface area (Å²) in [6.07, 6.45) is 3.46. The van der Waals surface area contributed by atoms with Crippen molar-refractivity contribution < 1.29 is 9.53 Å². The molecule has 4 rings (SSSR count). The molecule has 0 bridgehead atoms. The number of fused-ring (bicyclic) bond motifs is 1. The Morgan fingerprint density at radius 3 is 2.67 bits per heavy atom. The first kappa shape index (κ1) is 22.4. The zero-order valence-corrected chi connectivity index (χ0v) is 19.9. The first-order chi connectivity index (χ1) is 13.9. The van der Waals surface area contributed by atoms with E-state index in [2.05, 4.69) is 44.6 Å². The molecule has 1 unspecified atom stereocenters. The summed E-state index contributed by atoms with van der Waals surface area (Å²) < 4.78 is 7.34. The van der Waals surface area contributed by atoms with Gasteiger partial charge >= 0.3 is 6.09 Å². The van der Waals surface area contributed by atoms with E-state index in [4.69, 9.17) is 4.74 Å². The van der Waals surface area contributed by atoms with Crippen LogP contribution in [-0.4, -0.2) is 69.5 Å². The molecule has 0 aliphatic carbocycles. The maximum Gasteiger partial charge on any atom is 0.410 e. The Kier molecular flexibility index (Phi) is 6.89. The molecule has 162 valence electrons. The van der Waals surface area contributed by atoms with Crippen LogP contribution in [-0.2, 0) is 11.3 Å². The van der Waals surface area contributed by atoms with E-state index in [1.807, 2.05) is 37.7 Å². The molecule has 3 heterocycles. The Labute approximate surface area is 194 Å². The van der Waals surface area contributed by atoms with Crippen molar-refractivity contribution in [2.24, 2.45) is 4.99 Å². The van der Waals surface area contributed by atoms with Gasteiger partial charge in [0.1, 0.15) is 5.60 Å². The molecule has 1 fully saturated rings. The summed E-state index contributed by atoms with van der Waals surface area (Å²) in [5.74, 6) is 0.912. The van der Waals surface area contributed by atoms with Crippen molar-refractivity contribution in [2.75, 3.05) is 26.2 Å². The highest BCUT2D eigenvalue weighted by Gasteiger charge is 2.36. The molecule has 0 saturated carbocycles. The molecule has 1 aromatic carbocycles. The minimum Gasteiger partial charge on any atom is -0.444 e. The lowest BCUT2D eigenvalue weighted by molar-refractivity contribution is 0.0137. The molecule has 1 atom stereocenters. The van der Waals surface area contributed by atoms with Crippen LogP contribution in [0.25, 0.3) is 5.69 Å². The van der Waals surface area contributed by atoms with Crippen molar-refractivity contribution >= 4 is 36.0 Å². The van der Waals surface area contributed by atoms with Crippen LogP contribution in [0.15, 0.2) is 47.7 Å². The molecule has 2 aliphatic rings. The minimum absolute atomic E-state index is 0. The lowest BCUT2D eigenvalue weighted by atomic mass is 10.2. The van der Waals surface area contributed by atoms with E-state index >= 15 is 0 Å². The maximum atomic E-state index is 12.3. The van der Waals surface area contributed by atoms with Crippen LogP contribution >= 0.6 is 24.0 Å². The zero-order valence-electron chi connectivity index (χ0n) is 17.6. The van der Waals surface area contributed by atoms with Gasteiger partial charge in [-0.1, -0.05) is 12.1 Å². The number of guanidine groups is 1. The predicted octanol–water partition coefficient (Wildman–Crippen LogP) is 2.87. The highest BCUT2D eigenvalue weighted by Crippen LogP contribution is 2.19. The van der Waals surface area contributed by atoms with E-state index in [-0.39, 0.29) is 36.1 Å². The monoisotopic (exact) mass is 524 g/mol. The fraction of sp³-hybridized carbons (Fsp3) is 0.476. The van der Waals surface area contributed by atoms with Crippen molar-refractivity contribution in [3.63, 3.8) is 0 Å². The molecule has 9 heteroatoms. The SMILES string of the molecule is CC(C)(C)OC(=O)N1CCN2C(NCc3ccc(-n4cccn4)cc3)=NCC2C1.I. The molecular weight excluding hydrogens is 495 g/mol. The van der Waals surface area contributed by atoms with Crippen LogP contribution in [0.5, 0.6) is 0 Å². The number of hydrogen-bond acceptors (Lipinski definition) is 6. The van der Waals surface area contributed by atoms with Crippen LogP contribution in [0, 0.1) is 0 Å². The number of carbonyl (C=O) groups excluding carboxylic acids is 1. The standard InChI is InChI=1S/C21H28N6O2.HI/c1-21(2,3)29-20(28)25-11-12-26-18(15-25)14-23-19(26)22-13-16-5-7-17(8-6-16)27-10-4-9-24-27;/h4-10,18H,11-15H2,1-3H3,(H,22,23);1H. The van der Waals surface area contributed by atoms with Gasteiger partial charge in [-0.25, -0.2) is 9.48 Å². The number of nitrogens with zero attached hydrogens (tertiary/aromatic N) is 5. The normalized spacial score (nSPS) is 18.4. The van der Waals surface area contributed by atoms with Crippen LogP contribution in [0.4, 0.5) is 4.79 Å². The van der Waals surface area contributed by atoms with E-state index in [1.54, 1.807) is 11.1 Å². The Morgan fingerprint density at radius 1 is 1.23 bits per heavy atom. The van der Waals surface area contributed by atoms with Gasteiger partial charge in [0.05, 0.1) is 18.3 Å². The molecule has 1 saturated heterocycles. The van der Waals surface area contributed by atoms with Crippen molar-refractivity contribution in [2.45, 2.75) is 39.0 Å². The third-order valence-electron chi connectivity index (χ3n) is 5.01. The number of benzene rings is 1. The molecule has 0 spiro atoms. The van der Waals surface area contributed by atoms with E-state index < -0.39 is 5.60 Å². The van der Waals surface area contributed by atoms with Crippen LogP contribution < -0.4 is 5.32 Å². The Bertz CT molecular complexity index is 876. The van der Waals surface area contributed by atoms with Gasteiger partial charge in [0.25, 0.3) is 0 Å². The largest absolute Gasteiger partial charge is 0.444 e. The number of piperazine rings is 1. The van der Waals surface area contributed by atoms with Crippen molar-refractivity contribution in [1.82, 2.24) is 24.9 Å². The number of rotatable bonds is 3. The highest BCUT2D eigenvalue weighted by molar-refractivity contribution is 14.0. The minimum atomic E-state index is -0.472. The van der Waals surface area contributed by atoms with E-state index in [0.29, 0.717) is 26.2 Å². The van der Waals surface area contributed by atoms with Crippen molar-refractivity contribution in [1.29, 1.82) is 0 Å². The number of carbonyl (C=O) groups is 1. The summed E-state index contributed by atoms with van der Waals surface area (Å²) in [5, 5.41) is 7.70. The second-order valence-corrected chi connectivity index (χ2v) is 8.41. The van der Waals surface area contributed by atoms with Gasteiger partial charge in [0, 0.05) is 38.6 Å². The Morgan fingerprint density at radius 2 is 2.00 bits per heavy atom. The first-order valence-corrected chi connectivity index (χ1v) is 10.0. The second-order valence-electron chi connectivity index (χ2n) is 8.41. The van der Waals surface area contributed by atoms with Crippen LogP contribution in [0.1, 0.15) is 26.3 Å². The third-order valence-corrected chi connectivity index (χ3v) is 5.01. The van der Waals surface area contributed by atoms with Gasteiger partial charge < -0.3 is 19.9 Å². The van der Waals surface area contributed by atoms with Gasteiger partial charge in [-0.3, -0.25) is 4.99 Å². The summed E-state index contributed by atoms with van der Waals surface area (Å²) in [7, 11) is 0.